The summed E-state index contributed by atoms with van der Waals surface area (Å²) < 4.78 is 0. The van der Waals surface area contributed by atoms with Crippen LogP contribution in [0.2, 0.25) is 0 Å². The number of hydrogen-bond acceptors (Lipinski definition) is 2. The second kappa shape index (κ2) is 5.67. The number of carbonyl (C=O) groups is 1. The van der Waals surface area contributed by atoms with Crippen LogP contribution in [0.5, 0.6) is 0 Å². The van der Waals surface area contributed by atoms with E-state index < -0.39 is 0 Å². The number of amides is 1. The molecule has 16 heavy (non-hydrogen) atoms. The van der Waals surface area contributed by atoms with Gasteiger partial charge in [-0.15, -0.1) is 0 Å². The maximum absolute atomic E-state index is 11.8. The Bertz CT molecular complexity index is 227. The van der Waals surface area contributed by atoms with Gasteiger partial charge in [0, 0.05) is 12.5 Å². The number of nitrogens with one attached hydrogen (secondary N) is 2. The van der Waals surface area contributed by atoms with Crippen molar-refractivity contribution in [2.45, 2.75) is 53.0 Å². The predicted octanol–water partition coefficient (Wildman–Crippen LogP) is 1.93. The smallest absolute Gasteiger partial charge is 0.220 e. The minimum absolute atomic E-state index is 0.139. The van der Waals surface area contributed by atoms with Gasteiger partial charge in [-0.2, -0.15) is 0 Å². The van der Waals surface area contributed by atoms with Crippen molar-refractivity contribution >= 4 is 5.91 Å². The van der Waals surface area contributed by atoms with E-state index in [1.807, 2.05) is 0 Å². The molecule has 0 radical (unpaired) electrons. The molecular formula is C13H26N2O. The van der Waals surface area contributed by atoms with E-state index in [2.05, 4.69) is 38.3 Å². The van der Waals surface area contributed by atoms with Gasteiger partial charge in [-0.05, 0) is 44.2 Å². The molecule has 2 unspecified atom stereocenters. The number of rotatable bonds is 3. The summed E-state index contributed by atoms with van der Waals surface area (Å²) in [6.45, 7) is 10.6. The lowest BCUT2D eigenvalue weighted by Gasteiger charge is -2.29. The van der Waals surface area contributed by atoms with Gasteiger partial charge >= 0.3 is 0 Å². The molecule has 0 spiro atoms. The molecule has 1 aliphatic heterocycles. The minimum Gasteiger partial charge on any atom is -0.353 e. The van der Waals surface area contributed by atoms with Crippen LogP contribution >= 0.6 is 0 Å². The van der Waals surface area contributed by atoms with Crippen LogP contribution in [0.3, 0.4) is 0 Å². The molecule has 0 aromatic rings. The summed E-state index contributed by atoms with van der Waals surface area (Å²) in [5.41, 5.74) is 0.139. The van der Waals surface area contributed by atoms with Crippen LogP contribution in [-0.2, 0) is 4.79 Å². The molecule has 1 aliphatic rings. The molecule has 1 rings (SSSR count). The lowest BCUT2D eigenvalue weighted by Crippen LogP contribution is -2.43. The average molecular weight is 226 g/mol. The molecule has 1 amide bonds. The maximum Gasteiger partial charge on any atom is 0.220 e. The summed E-state index contributed by atoms with van der Waals surface area (Å²) in [5, 5.41) is 6.44. The Morgan fingerprint density at radius 2 is 2.19 bits per heavy atom. The first-order chi connectivity index (χ1) is 7.39. The van der Waals surface area contributed by atoms with E-state index in [0.717, 1.165) is 13.1 Å². The van der Waals surface area contributed by atoms with E-state index in [9.17, 15) is 4.79 Å². The van der Waals surface area contributed by atoms with Gasteiger partial charge in [-0.3, -0.25) is 4.79 Å². The third-order valence-electron chi connectivity index (χ3n) is 3.55. The van der Waals surface area contributed by atoms with Crippen molar-refractivity contribution in [2.24, 2.45) is 11.3 Å². The van der Waals surface area contributed by atoms with Gasteiger partial charge in [0.15, 0.2) is 0 Å². The summed E-state index contributed by atoms with van der Waals surface area (Å²) in [4.78, 5) is 11.8. The summed E-state index contributed by atoms with van der Waals surface area (Å²) in [6.07, 6.45) is 3.06. The van der Waals surface area contributed by atoms with Crippen LogP contribution in [0.25, 0.3) is 0 Å². The largest absolute Gasteiger partial charge is 0.353 e. The first-order valence-electron chi connectivity index (χ1n) is 6.39. The van der Waals surface area contributed by atoms with Crippen LogP contribution < -0.4 is 10.6 Å². The second-order valence-electron chi connectivity index (χ2n) is 6.07. The number of piperidine rings is 1. The molecule has 2 atom stereocenters. The SMILES string of the molecule is CC(NC(=O)CC1CCCNC1)C(C)(C)C. The van der Waals surface area contributed by atoms with Gasteiger partial charge in [0.05, 0.1) is 0 Å². The fraction of sp³-hybridized carbons (Fsp3) is 0.923. The van der Waals surface area contributed by atoms with Crippen LogP contribution in [0.1, 0.15) is 47.0 Å². The van der Waals surface area contributed by atoms with E-state index in [1.54, 1.807) is 0 Å². The molecular weight excluding hydrogens is 200 g/mol. The lowest BCUT2D eigenvalue weighted by atomic mass is 9.87. The molecule has 0 aromatic carbocycles. The molecule has 1 heterocycles. The summed E-state index contributed by atoms with van der Waals surface area (Å²) in [7, 11) is 0. The Morgan fingerprint density at radius 1 is 1.50 bits per heavy atom. The number of hydrogen-bond donors (Lipinski definition) is 2. The zero-order chi connectivity index (χ0) is 12.2. The van der Waals surface area contributed by atoms with Crippen molar-refractivity contribution in [3.63, 3.8) is 0 Å². The molecule has 1 saturated heterocycles. The quantitative estimate of drug-likeness (QED) is 0.772. The average Bonchev–Trinajstić information content (AvgIpc) is 2.17. The molecule has 0 aromatic heterocycles. The van der Waals surface area contributed by atoms with Crippen molar-refractivity contribution in [3.8, 4) is 0 Å². The standard InChI is InChI=1S/C13H26N2O/c1-10(13(2,3)4)15-12(16)8-11-6-5-7-14-9-11/h10-11,14H,5-9H2,1-4H3,(H,15,16). The van der Waals surface area contributed by atoms with Crippen LogP contribution in [0.15, 0.2) is 0 Å². The fourth-order valence-electron chi connectivity index (χ4n) is 1.88. The Hall–Kier alpha value is -0.570. The molecule has 2 N–H and O–H groups in total. The van der Waals surface area contributed by atoms with Gasteiger partial charge in [-0.25, -0.2) is 0 Å². The summed E-state index contributed by atoms with van der Waals surface area (Å²) in [6, 6.07) is 0.233. The van der Waals surface area contributed by atoms with E-state index in [0.29, 0.717) is 12.3 Å². The lowest BCUT2D eigenvalue weighted by molar-refractivity contribution is -0.123. The van der Waals surface area contributed by atoms with Crippen LogP contribution in [0.4, 0.5) is 0 Å². The molecule has 0 saturated carbocycles. The highest BCUT2D eigenvalue weighted by molar-refractivity contribution is 5.76. The second-order valence-corrected chi connectivity index (χ2v) is 6.07. The van der Waals surface area contributed by atoms with Crippen LogP contribution in [0, 0.1) is 11.3 Å². The normalized spacial score (nSPS) is 23.9. The Labute approximate surface area is 99.4 Å². The monoisotopic (exact) mass is 226 g/mol. The third kappa shape index (κ3) is 4.52. The summed E-state index contributed by atoms with van der Waals surface area (Å²) >= 11 is 0. The fourth-order valence-corrected chi connectivity index (χ4v) is 1.88. The Morgan fingerprint density at radius 3 is 2.69 bits per heavy atom. The predicted molar refractivity (Wildman–Crippen MR) is 67.3 cm³/mol. The van der Waals surface area contributed by atoms with Crippen molar-refractivity contribution in [3.05, 3.63) is 0 Å². The Kier molecular flexibility index (Phi) is 4.78. The summed E-state index contributed by atoms with van der Waals surface area (Å²) in [5.74, 6) is 0.733. The molecule has 0 aliphatic carbocycles. The zero-order valence-electron chi connectivity index (χ0n) is 11.1. The van der Waals surface area contributed by atoms with Gasteiger partial charge in [0.1, 0.15) is 0 Å². The maximum atomic E-state index is 11.8. The van der Waals surface area contributed by atoms with Crippen molar-refractivity contribution in [1.82, 2.24) is 10.6 Å². The van der Waals surface area contributed by atoms with E-state index in [4.69, 9.17) is 0 Å². The van der Waals surface area contributed by atoms with Crippen LogP contribution in [-0.4, -0.2) is 25.0 Å². The molecule has 3 nitrogen and oxygen atoms in total. The third-order valence-corrected chi connectivity index (χ3v) is 3.55. The Balaban J connectivity index is 2.29. The number of carbonyl (C=O) groups excluding carboxylic acids is 1. The van der Waals surface area contributed by atoms with Gasteiger partial charge < -0.3 is 10.6 Å². The highest BCUT2D eigenvalue weighted by Crippen LogP contribution is 2.19. The topological polar surface area (TPSA) is 41.1 Å². The van der Waals surface area contributed by atoms with Gasteiger partial charge in [0.2, 0.25) is 5.91 Å². The van der Waals surface area contributed by atoms with Crippen molar-refractivity contribution in [2.75, 3.05) is 13.1 Å². The molecule has 3 heteroatoms. The van der Waals surface area contributed by atoms with E-state index in [1.165, 1.54) is 12.8 Å². The highest BCUT2D eigenvalue weighted by Gasteiger charge is 2.23. The van der Waals surface area contributed by atoms with Crippen molar-refractivity contribution < 1.29 is 4.79 Å². The zero-order valence-corrected chi connectivity index (χ0v) is 11.1. The minimum atomic E-state index is 0.139. The van der Waals surface area contributed by atoms with Gasteiger partial charge in [-0.1, -0.05) is 20.8 Å². The van der Waals surface area contributed by atoms with Crippen molar-refractivity contribution in [1.29, 1.82) is 0 Å². The van der Waals surface area contributed by atoms with E-state index >= 15 is 0 Å². The highest BCUT2D eigenvalue weighted by atomic mass is 16.1. The molecule has 0 bridgehead atoms. The molecule has 94 valence electrons. The van der Waals surface area contributed by atoms with E-state index in [-0.39, 0.29) is 17.4 Å². The molecule has 1 fully saturated rings. The van der Waals surface area contributed by atoms with Gasteiger partial charge in [0.25, 0.3) is 0 Å². The first-order valence-corrected chi connectivity index (χ1v) is 6.39. The first kappa shape index (κ1) is 13.5.